The Balaban J connectivity index is 1.26. The first-order valence-corrected chi connectivity index (χ1v) is 11.3. The van der Waals surface area contributed by atoms with E-state index < -0.39 is 0 Å². The molecule has 0 aliphatic carbocycles. The number of hydrogen-bond acceptors (Lipinski definition) is 4. The number of rotatable bonds is 4. The molecular formula is C26H23ClN2O3. The fraction of sp³-hybridized carbons (Fsp3) is 0.269. The second-order valence-electron chi connectivity index (χ2n) is 8.56. The highest BCUT2D eigenvalue weighted by molar-refractivity contribution is 6.34. The number of H-pyrrole nitrogens is 1. The molecule has 0 radical (unpaired) electrons. The summed E-state index contributed by atoms with van der Waals surface area (Å²) < 4.78 is 17.9. The number of fused-ring (bicyclic) bond motifs is 2. The van der Waals surface area contributed by atoms with Crippen LogP contribution in [0, 0.1) is 5.92 Å². The molecule has 162 valence electrons. The lowest BCUT2D eigenvalue weighted by molar-refractivity contribution is 0.0262. The molecule has 5 nitrogen and oxygen atoms in total. The maximum absolute atomic E-state index is 6.63. The number of nitrogens with one attached hydrogen (secondary N) is 1. The zero-order valence-corrected chi connectivity index (χ0v) is 18.4. The predicted octanol–water partition coefficient (Wildman–Crippen LogP) is 5.73. The van der Waals surface area contributed by atoms with Gasteiger partial charge >= 0.3 is 0 Å². The van der Waals surface area contributed by atoms with Gasteiger partial charge in [-0.15, -0.1) is 0 Å². The predicted molar refractivity (Wildman–Crippen MR) is 125 cm³/mol. The molecule has 6 heteroatoms. The molecule has 2 aliphatic heterocycles. The maximum Gasteiger partial charge on any atom is 0.295 e. The van der Waals surface area contributed by atoms with E-state index in [0.717, 1.165) is 22.2 Å². The first kappa shape index (κ1) is 19.8. The zero-order valence-electron chi connectivity index (χ0n) is 17.6. The highest BCUT2D eigenvalue weighted by atomic mass is 35.5. The highest BCUT2D eigenvalue weighted by Crippen LogP contribution is 2.35. The van der Waals surface area contributed by atoms with E-state index in [9.17, 15) is 0 Å². The number of aromatic nitrogens is 2. The van der Waals surface area contributed by atoms with Crippen LogP contribution in [0.15, 0.2) is 66.7 Å². The molecule has 32 heavy (non-hydrogen) atoms. The van der Waals surface area contributed by atoms with E-state index in [1.807, 2.05) is 30.3 Å². The average Bonchev–Trinajstić information content (AvgIpc) is 3.51. The Morgan fingerprint density at radius 3 is 2.44 bits per heavy atom. The molecule has 1 aromatic heterocycles. The normalized spacial score (nSPS) is 24.7. The number of nitrogens with zero attached hydrogens (tertiary/aromatic N) is 1. The van der Waals surface area contributed by atoms with Crippen LogP contribution in [0.3, 0.4) is 0 Å². The smallest absolute Gasteiger partial charge is 0.295 e. The van der Waals surface area contributed by atoms with Crippen molar-refractivity contribution in [1.29, 1.82) is 0 Å². The number of ether oxygens (including phenoxy) is 3. The summed E-state index contributed by atoms with van der Waals surface area (Å²) in [5.74, 6) is 0.388. The monoisotopic (exact) mass is 446 g/mol. The molecule has 0 spiro atoms. The lowest BCUT2D eigenvalue weighted by Crippen LogP contribution is -2.33. The largest absolute Gasteiger partial charge is 0.456 e. The molecule has 6 rings (SSSR count). The summed E-state index contributed by atoms with van der Waals surface area (Å²) in [4.78, 5) is 7.89. The van der Waals surface area contributed by atoms with Gasteiger partial charge in [-0.1, -0.05) is 73.1 Å². The van der Waals surface area contributed by atoms with Gasteiger partial charge in [0, 0.05) is 11.5 Å². The van der Waals surface area contributed by atoms with Crippen molar-refractivity contribution in [3.63, 3.8) is 0 Å². The summed E-state index contributed by atoms with van der Waals surface area (Å²) in [7, 11) is 0. The van der Waals surface area contributed by atoms with Gasteiger partial charge in [0.05, 0.1) is 35.4 Å². The van der Waals surface area contributed by atoms with Gasteiger partial charge in [0.25, 0.3) is 6.01 Å². The second kappa shape index (κ2) is 7.93. The summed E-state index contributed by atoms with van der Waals surface area (Å²) in [5, 5.41) is 0.664. The Morgan fingerprint density at radius 1 is 0.906 bits per heavy atom. The van der Waals surface area contributed by atoms with Gasteiger partial charge in [-0.2, -0.15) is 4.98 Å². The molecule has 3 heterocycles. The summed E-state index contributed by atoms with van der Waals surface area (Å²) >= 11 is 6.63. The third-order valence-corrected chi connectivity index (χ3v) is 6.68. The minimum atomic E-state index is -0.161. The van der Waals surface area contributed by atoms with Crippen molar-refractivity contribution in [3.05, 3.63) is 71.8 Å². The molecule has 4 aromatic rings. The summed E-state index contributed by atoms with van der Waals surface area (Å²) in [6.07, 6.45) is -0.101. The summed E-state index contributed by atoms with van der Waals surface area (Å²) in [6, 6.07) is 23.1. The van der Waals surface area contributed by atoms with Crippen molar-refractivity contribution in [2.45, 2.75) is 25.2 Å². The lowest BCUT2D eigenvalue weighted by atomic mass is 10.00. The van der Waals surface area contributed by atoms with Crippen LogP contribution in [0.25, 0.3) is 33.3 Å². The van der Waals surface area contributed by atoms with Gasteiger partial charge in [0.15, 0.2) is 6.10 Å². The quantitative estimate of drug-likeness (QED) is 0.435. The number of benzene rings is 3. The van der Waals surface area contributed by atoms with Crippen LogP contribution in [-0.2, 0) is 9.47 Å². The number of imidazole rings is 1. The molecule has 2 aliphatic rings. The first-order valence-electron chi connectivity index (χ1n) is 10.9. The minimum absolute atomic E-state index is 0.0412. The number of aromatic amines is 1. The van der Waals surface area contributed by atoms with Crippen LogP contribution >= 0.6 is 11.6 Å². The fourth-order valence-electron chi connectivity index (χ4n) is 4.66. The van der Waals surface area contributed by atoms with Gasteiger partial charge in [-0.25, -0.2) is 0 Å². The second-order valence-corrected chi connectivity index (χ2v) is 8.97. The molecular weight excluding hydrogens is 424 g/mol. The van der Waals surface area contributed by atoms with E-state index in [2.05, 4.69) is 53.3 Å². The summed E-state index contributed by atoms with van der Waals surface area (Å²) in [5.41, 5.74) is 5.99. The molecule has 3 aromatic carbocycles. The van der Waals surface area contributed by atoms with Crippen LogP contribution in [0.4, 0.5) is 0 Å². The van der Waals surface area contributed by atoms with E-state index in [1.165, 1.54) is 11.1 Å². The van der Waals surface area contributed by atoms with E-state index in [0.29, 0.717) is 30.2 Å². The fourth-order valence-corrected chi connectivity index (χ4v) is 4.93. The maximum atomic E-state index is 6.63. The van der Waals surface area contributed by atoms with Gasteiger partial charge in [-0.05, 0) is 28.8 Å². The third kappa shape index (κ3) is 3.47. The van der Waals surface area contributed by atoms with Gasteiger partial charge < -0.3 is 19.2 Å². The van der Waals surface area contributed by atoms with Crippen molar-refractivity contribution in [3.8, 4) is 28.3 Å². The molecule has 1 N–H and O–H groups in total. The third-order valence-electron chi connectivity index (χ3n) is 6.37. The topological polar surface area (TPSA) is 56.4 Å². The standard InChI is InChI=1S/C26H23ClN2O3/c1-15-13-30-25-23(14-31-24(15)25)32-26-28-21-11-19(20(27)12-22(21)29-26)18-9-7-17(8-10-18)16-5-3-2-4-6-16/h2-12,15,23-25H,13-14H2,1H3,(H,28,29)/t15-,23-,24-,25-/m1/s1. The van der Waals surface area contributed by atoms with Crippen molar-refractivity contribution >= 4 is 22.6 Å². The Kier molecular flexibility index (Phi) is 4.90. The lowest BCUT2D eigenvalue weighted by Gasteiger charge is -2.15. The van der Waals surface area contributed by atoms with Gasteiger partial charge in [0.1, 0.15) is 6.10 Å². The molecule has 0 bridgehead atoms. The zero-order chi connectivity index (χ0) is 21.7. The first-order chi connectivity index (χ1) is 15.7. The Labute approximate surface area is 191 Å². The van der Waals surface area contributed by atoms with Crippen molar-refractivity contribution < 1.29 is 14.2 Å². The molecule has 0 amide bonds. The SMILES string of the molecule is C[C@@H]1CO[C@H]2[C@@H]1OC[C@H]2Oc1nc2cc(-c3ccc(-c4ccccc4)cc3)c(Cl)cc2[nH]1. The average molecular weight is 447 g/mol. The van der Waals surface area contributed by atoms with E-state index in [4.69, 9.17) is 25.8 Å². The van der Waals surface area contributed by atoms with Crippen LogP contribution in [0.2, 0.25) is 5.02 Å². The Hall–Kier alpha value is -2.86. The van der Waals surface area contributed by atoms with Gasteiger partial charge in [-0.3, -0.25) is 0 Å². The van der Waals surface area contributed by atoms with E-state index in [-0.39, 0.29) is 18.3 Å². The summed E-state index contributed by atoms with van der Waals surface area (Å²) in [6.45, 7) is 3.36. The van der Waals surface area contributed by atoms with Crippen LogP contribution in [-0.4, -0.2) is 41.5 Å². The van der Waals surface area contributed by atoms with Crippen LogP contribution < -0.4 is 4.74 Å². The molecule has 4 atom stereocenters. The Bertz CT molecular complexity index is 1260. The van der Waals surface area contributed by atoms with E-state index >= 15 is 0 Å². The molecule has 0 saturated carbocycles. The van der Waals surface area contributed by atoms with E-state index in [1.54, 1.807) is 0 Å². The minimum Gasteiger partial charge on any atom is -0.456 e. The Morgan fingerprint density at radius 2 is 1.62 bits per heavy atom. The van der Waals surface area contributed by atoms with Crippen LogP contribution in [0.1, 0.15) is 6.92 Å². The van der Waals surface area contributed by atoms with Crippen molar-refractivity contribution in [2.24, 2.45) is 5.92 Å². The van der Waals surface area contributed by atoms with Crippen LogP contribution in [0.5, 0.6) is 6.01 Å². The molecule has 2 saturated heterocycles. The van der Waals surface area contributed by atoms with Crippen molar-refractivity contribution in [2.75, 3.05) is 13.2 Å². The highest BCUT2D eigenvalue weighted by Gasteiger charge is 2.47. The number of hydrogen-bond donors (Lipinski definition) is 1. The number of halogens is 1. The van der Waals surface area contributed by atoms with Gasteiger partial charge in [0.2, 0.25) is 0 Å². The molecule has 2 fully saturated rings. The molecule has 0 unspecified atom stereocenters. The van der Waals surface area contributed by atoms with Crippen molar-refractivity contribution in [1.82, 2.24) is 9.97 Å².